The van der Waals surface area contributed by atoms with Crippen molar-refractivity contribution in [3.8, 4) is 5.88 Å². The summed E-state index contributed by atoms with van der Waals surface area (Å²) in [7, 11) is 1.47. The highest BCUT2D eigenvalue weighted by atomic mass is 19.4. The molecule has 8 nitrogen and oxygen atoms in total. The van der Waals surface area contributed by atoms with Gasteiger partial charge in [0.1, 0.15) is 5.60 Å². The molecule has 0 aliphatic rings. The standard InChI is InChI=1S/C20H17F3N6O2/c1-19(30,13-7-9-24-16(11-13)31-2)17-25-10-8-15-27-18(28-29(15)17)26-14-5-3-12(4-6-14)20(21,22)23/h3-11,30H,1-2H3,(H,26,28). The van der Waals surface area contributed by atoms with Crippen LogP contribution in [-0.2, 0) is 11.8 Å². The summed E-state index contributed by atoms with van der Waals surface area (Å²) >= 11 is 0. The smallest absolute Gasteiger partial charge is 0.416 e. The van der Waals surface area contributed by atoms with Gasteiger partial charge in [0.2, 0.25) is 11.8 Å². The van der Waals surface area contributed by atoms with Gasteiger partial charge in [0.05, 0.1) is 12.7 Å². The van der Waals surface area contributed by atoms with Gasteiger partial charge in [-0.05, 0) is 42.8 Å². The lowest BCUT2D eigenvalue weighted by Crippen LogP contribution is -2.28. The topological polar surface area (TPSA) is 97.5 Å². The van der Waals surface area contributed by atoms with Gasteiger partial charge in [0.15, 0.2) is 11.5 Å². The first-order valence-corrected chi connectivity index (χ1v) is 9.08. The van der Waals surface area contributed by atoms with Crippen molar-refractivity contribution in [2.75, 3.05) is 12.4 Å². The predicted molar refractivity (Wildman–Crippen MR) is 105 cm³/mol. The number of fused-ring (bicyclic) bond motifs is 1. The first-order chi connectivity index (χ1) is 14.7. The first kappa shape index (κ1) is 20.5. The monoisotopic (exact) mass is 430 g/mol. The molecule has 0 spiro atoms. The summed E-state index contributed by atoms with van der Waals surface area (Å²) in [5.74, 6) is 0.650. The molecular formula is C20H17F3N6O2. The van der Waals surface area contributed by atoms with Crippen LogP contribution in [0.3, 0.4) is 0 Å². The van der Waals surface area contributed by atoms with Crippen molar-refractivity contribution in [2.45, 2.75) is 18.7 Å². The van der Waals surface area contributed by atoms with Crippen molar-refractivity contribution in [1.29, 1.82) is 0 Å². The molecule has 0 aliphatic heterocycles. The van der Waals surface area contributed by atoms with Crippen LogP contribution in [0, 0.1) is 0 Å². The van der Waals surface area contributed by atoms with Crippen molar-refractivity contribution in [1.82, 2.24) is 24.6 Å². The van der Waals surface area contributed by atoms with E-state index in [1.54, 1.807) is 25.1 Å². The third kappa shape index (κ3) is 3.99. The molecular weight excluding hydrogens is 413 g/mol. The van der Waals surface area contributed by atoms with Gasteiger partial charge in [-0.3, -0.25) is 0 Å². The number of aliphatic hydroxyl groups is 1. The van der Waals surface area contributed by atoms with Crippen molar-refractivity contribution in [2.24, 2.45) is 0 Å². The molecule has 0 radical (unpaired) electrons. The van der Waals surface area contributed by atoms with E-state index in [2.05, 4.69) is 25.4 Å². The summed E-state index contributed by atoms with van der Waals surface area (Å²) in [6.45, 7) is 1.55. The normalized spacial score (nSPS) is 13.7. The summed E-state index contributed by atoms with van der Waals surface area (Å²) in [6, 6.07) is 9.30. The molecule has 1 atom stereocenters. The van der Waals surface area contributed by atoms with E-state index < -0.39 is 17.3 Å². The summed E-state index contributed by atoms with van der Waals surface area (Å²) < 4.78 is 44.7. The molecule has 0 aliphatic carbocycles. The van der Waals surface area contributed by atoms with Crippen LogP contribution in [0.15, 0.2) is 54.9 Å². The number of rotatable bonds is 5. The number of nitrogens with one attached hydrogen (secondary N) is 1. The van der Waals surface area contributed by atoms with Crippen LogP contribution in [0.25, 0.3) is 5.65 Å². The van der Waals surface area contributed by atoms with Crippen molar-refractivity contribution < 1.29 is 23.0 Å². The molecule has 1 unspecified atom stereocenters. The zero-order valence-corrected chi connectivity index (χ0v) is 16.4. The number of aromatic nitrogens is 5. The molecule has 0 saturated carbocycles. The van der Waals surface area contributed by atoms with Gasteiger partial charge in [-0.15, -0.1) is 5.10 Å². The first-order valence-electron chi connectivity index (χ1n) is 9.08. The van der Waals surface area contributed by atoms with Crippen molar-refractivity contribution >= 4 is 17.3 Å². The third-order valence-corrected chi connectivity index (χ3v) is 4.66. The average Bonchev–Trinajstić information content (AvgIpc) is 3.15. The molecule has 0 bridgehead atoms. The Morgan fingerprint density at radius 3 is 2.39 bits per heavy atom. The number of alkyl halides is 3. The lowest BCUT2D eigenvalue weighted by atomic mass is 9.96. The van der Waals surface area contributed by atoms with E-state index >= 15 is 0 Å². The number of benzene rings is 1. The number of ether oxygens (including phenoxy) is 1. The minimum atomic E-state index is -4.42. The van der Waals surface area contributed by atoms with E-state index in [1.807, 2.05) is 0 Å². The molecule has 4 rings (SSSR count). The van der Waals surface area contributed by atoms with Crippen LogP contribution < -0.4 is 10.1 Å². The van der Waals surface area contributed by atoms with Gasteiger partial charge < -0.3 is 15.2 Å². The highest BCUT2D eigenvalue weighted by Gasteiger charge is 2.32. The second-order valence-electron chi connectivity index (χ2n) is 6.83. The van der Waals surface area contributed by atoms with Crippen molar-refractivity contribution in [3.63, 3.8) is 0 Å². The molecule has 0 amide bonds. The predicted octanol–water partition coefficient (Wildman–Crippen LogP) is 3.55. The number of pyridine rings is 1. The zero-order chi connectivity index (χ0) is 22.2. The molecule has 11 heteroatoms. The van der Waals surface area contributed by atoms with Gasteiger partial charge in [0.25, 0.3) is 0 Å². The van der Waals surface area contributed by atoms with Crippen LogP contribution in [0.2, 0.25) is 0 Å². The van der Waals surface area contributed by atoms with Gasteiger partial charge >= 0.3 is 6.18 Å². The molecule has 3 aromatic heterocycles. The van der Waals surface area contributed by atoms with Crippen molar-refractivity contribution in [3.05, 3.63) is 71.8 Å². The fourth-order valence-corrected chi connectivity index (χ4v) is 3.03. The fourth-order valence-electron chi connectivity index (χ4n) is 3.03. The van der Waals surface area contributed by atoms with E-state index in [0.717, 1.165) is 12.1 Å². The highest BCUT2D eigenvalue weighted by molar-refractivity contribution is 5.56. The van der Waals surface area contributed by atoms with Crippen LogP contribution >= 0.6 is 0 Å². The van der Waals surface area contributed by atoms with Gasteiger partial charge in [0, 0.05) is 30.2 Å². The summed E-state index contributed by atoms with van der Waals surface area (Å²) in [5, 5.41) is 18.4. The molecule has 4 aromatic rings. The maximum absolute atomic E-state index is 12.7. The molecule has 0 fully saturated rings. The van der Waals surface area contributed by atoms with Crippen LogP contribution in [-0.4, -0.2) is 36.8 Å². The average molecular weight is 430 g/mol. The summed E-state index contributed by atoms with van der Waals surface area (Å²) in [5.41, 5.74) is -1.07. The maximum Gasteiger partial charge on any atom is 0.416 e. The maximum atomic E-state index is 12.7. The molecule has 0 saturated heterocycles. The Bertz CT molecular complexity index is 1220. The molecule has 3 heterocycles. The van der Waals surface area contributed by atoms with Gasteiger partial charge in [-0.1, -0.05) is 0 Å². The third-order valence-electron chi connectivity index (χ3n) is 4.66. The SMILES string of the molecule is COc1cc(C(C)(O)c2nccc3nc(Nc4ccc(C(F)(F)F)cc4)nn23)ccn1. The number of methoxy groups -OCH3 is 1. The Labute approximate surface area is 174 Å². The summed E-state index contributed by atoms with van der Waals surface area (Å²) in [4.78, 5) is 12.6. The lowest BCUT2D eigenvalue weighted by molar-refractivity contribution is -0.137. The second-order valence-corrected chi connectivity index (χ2v) is 6.83. The van der Waals surface area contributed by atoms with E-state index in [9.17, 15) is 18.3 Å². The molecule has 1 aromatic carbocycles. The molecule has 2 N–H and O–H groups in total. The minimum Gasteiger partial charge on any atom is -0.481 e. The largest absolute Gasteiger partial charge is 0.481 e. The Morgan fingerprint density at radius 2 is 1.71 bits per heavy atom. The number of nitrogens with zero attached hydrogens (tertiary/aromatic N) is 5. The Morgan fingerprint density at radius 1 is 1.00 bits per heavy atom. The lowest BCUT2D eigenvalue weighted by Gasteiger charge is -2.23. The quantitative estimate of drug-likeness (QED) is 0.500. The van der Waals surface area contributed by atoms with E-state index in [0.29, 0.717) is 22.8 Å². The minimum absolute atomic E-state index is 0.136. The van der Waals surface area contributed by atoms with E-state index in [-0.39, 0.29) is 11.8 Å². The number of hydrogen-bond donors (Lipinski definition) is 2. The van der Waals surface area contributed by atoms with E-state index in [4.69, 9.17) is 4.74 Å². The Hall–Kier alpha value is -3.73. The Kier molecular flexibility index (Phi) is 4.97. The number of halogens is 3. The Balaban J connectivity index is 1.68. The van der Waals surface area contributed by atoms with Gasteiger partial charge in [-0.2, -0.15) is 22.7 Å². The molecule has 160 valence electrons. The molecule has 31 heavy (non-hydrogen) atoms. The summed E-state index contributed by atoms with van der Waals surface area (Å²) in [6.07, 6.45) is -1.43. The van der Waals surface area contributed by atoms with Crippen LogP contribution in [0.1, 0.15) is 23.9 Å². The second kappa shape index (κ2) is 7.51. The number of anilines is 2. The van der Waals surface area contributed by atoms with E-state index in [1.165, 1.54) is 36.2 Å². The number of hydrogen-bond acceptors (Lipinski definition) is 7. The fraction of sp³-hybridized carbons (Fsp3) is 0.200. The highest BCUT2D eigenvalue weighted by Crippen LogP contribution is 2.31. The zero-order valence-electron chi connectivity index (χ0n) is 16.4. The van der Waals surface area contributed by atoms with Crippen LogP contribution in [0.4, 0.5) is 24.8 Å². The van der Waals surface area contributed by atoms with Gasteiger partial charge in [-0.25, -0.2) is 9.97 Å². The van der Waals surface area contributed by atoms with Crippen LogP contribution in [0.5, 0.6) is 5.88 Å².